The van der Waals surface area contributed by atoms with Crippen LogP contribution in [0.2, 0.25) is 5.02 Å². The van der Waals surface area contributed by atoms with Gasteiger partial charge in [-0.1, -0.05) is 41.9 Å². The van der Waals surface area contributed by atoms with Gasteiger partial charge in [0.05, 0.1) is 5.02 Å². The van der Waals surface area contributed by atoms with Gasteiger partial charge in [-0.2, -0.15) is 20.2 Å². The number of nitrogens with one attached hydrogen (secondary N) is 1. The summed E-state index contributed by atoms with van der Waals surface area (Å²) in [6, 6.07) is 22.3. The lowest BCUT2D eigenvalue weighted by Gasteiger charge is -2.06. The zero-order valence-electron chi connectivity index (χ0n) is 15.6. The molecule has 4 aromatic rings. The van der Waals surface area contributed by atoms with Gasteiger partial charge in [-0.3, -0.25) is 0 Å². The average Bonchev–Trinajstić information content (AvgIpc) is 3.21. The van der Waals surface area contributed by atoms with E-state index in [-0.39, 0.29) is 23.3 Å². The fourth-order valence-electron chi connectivity index (χ4n) is 2.74. The molecular formula is C22H15ClN6O. The van der Waals surface area contributed by atoms with Crippen molar-refractivity contribution in [3.8, 4) is 17.4 Å². The Morgan fingerprint density at radius 3 is 2.53 bits per heavy atom. The number of furan rings is 1. The Kier molecular flexibility index (Phi) is 5.42. The number of nitrogens with two attached hydrogens (primary N) is 1. The van der Waals surface area contributed by atoms with Crippen molar-refractivity contribution in [1.29, 1.82) is 5.26 Å². The molecule has 0 aliphatic heterocycles. The number of hydrogen-bond donors (Lipinski definition) is 2. The second-order valence-electron chi connectivity index (χ2n) is 6.18. The van der Waals surface area contributed by atoms with Crippen LogP contribution in [0.4, 0.5) is 17.6 Å². The molecule has 30 heavy (non-hydrogen) atoms. The molecule has 0 spiro atoms. The molecule has 0 bridgehead atoms. The molecule has 0 saturated carbocycles. The molecule has 2 aromatic heterocycles. The van der Waals surface area contributed by atoms with Gasteiger partial charge in [0.1, 0.15) is 23.2 Å². The van der Waals surface area contributed by atoms with Crippen molar-refractivity contribution in [2.45, 2.75) is 0 Å². The molecule has 0 aliphatic carbocycles. The molecule has 0 atom stereocenters. The van der Waals surface area contributed by atoms with E-state index >= 15 is 0 Å². The number of halogens is 1. The van der Waals surface area contributed by atoms with E-state index in [0.717, 1.165) is 11.3 Å². The minimum atomic E-state index is -0.00391. The molecule has 2 aromatic carbocycles. The van der Waals surface area contributed by atoms with E-state index in [9.17, 15) is 5.26 Å². The third kappa shape index (κ3) is 4.29. The van der Waals surface area contributed by atoms with Gasteiger partial charge < -0.3 is 15.5 Å². The first-order valence-electron chi connectivity index (χ1n) is 8.93. The maximum Gasteiger partial charge on any atom is 0.232 e. The van der Waals surface area contributed by atoms with Gasteiger partial charge in [0, 0.05) is 17.3 Å². The standard InChI is InChI=1S/C22H15ClN6O/c23-18-9-5-4-8-17(18)19-11-10-16(30-19)12-14(13-24)20-27-21(25)29-22(28-20)26-15-6-2-1-3-7-15/h1-12H,(H3,25,26,27,28,29)/b14-12+. The number of nitriles is 1. The van der Waals surface area contributed by atoms with Crippen molar-refractivity contribution >= 4 is 40.8 Å². The minimum absolute atomic E-state index is 0.00391. The van der Waals surface area contributed by atoms with Crippen LogP contribution >= 0.6 is 11.6 Å². The van der Waals surface area contributed by atoms with Crippen LogP contribution < -0.4 is 11.1 Å². The molecule has 146 valence electrons. The van der Waals surface area contributed by atoms with Crippen molar-refractivity contribution < 1.29 is 4.42 Å². The number of anilines is 3. The highest BCUT2D eigenvalue weighted by Gasteiger charge is 2.12. The Balaban J connectivity index is 1.65. The quantitative estimate of drug-likeness (QED) is 0.432. The minimum Gasteiger partial charge on any atom is -0.457 e. The smallest absolute Gasteiger partial charge is 0.232 e. The summed E-state index contributed by atoms with van der Waals surface area (Å²) in [5.74, 6) is 1.42. The fraction of sp³-hybridized carbons (Fsp3) is 0. The number of nitrogens with zero attached hydrogens (tertiary/aromatic N) is 4. The second-order valence-corrected chi connectivity index (χ2v) is 6.59. The molecule has 0 fully saturated rings. The van der Waals surface area contributed by atoms with E-state index < -0.39 is 0 Å². The van der Waals surface area contributed by atoms with E-state index in [1.807, 2.05) is 48.5 Å². The first-order valence-corrected chi connectivity index (χ1v) is 9.31. The molecule has 8 heteroatoms. The van der Waals surface area contributed by atoms with Crippen LogP contribution in [0.1, 0.15) is 11.6 Å². The number of hydrogen-bond acceptors (Lipinski definition) is 7. The molecule has 0 saturated heterocycles. The van der Waals surface area contributed by atoms with Crippen molar-refractivity contribution in [2.24, 2.45) is 0 Å². The lowest BCUT2D eigenvalue weighted by atomic mass is 10.2. The first-order chi connectivity index (χ1) is 14.6. The molecule has 7 nitrogen and oxygen atoms in total. The molecule has 0 unspecified atom stereocenters. The SMILES string of the molecule is N#C/C(=C\c1ccc(-c2ccccc2Cl)o1)c1nc(N)nc(Nc2ccccc2)n1. The Morgan fingerprint density at radius 1 is 1.00 bits per heavy atom. The Bertz CT molecular complexity index is 1260. The third-order valence-electron chi connectivity index (χ3n) is 4.10. The maximum absolute atomic E-state index is 9.64. The Morgan fingerprint density at radius 2 is 1.77 bits per heavy atom. The van der Waals surface area contributed by atoms with Crippen LogP contribution in [0.15, 0.2) is 71.1 Å². The van der Waals surface area contributed by atoms with Crippen LogP contribution in [-0.4, -0.2) is 15.0 Å². The lowest BCUT2D eigenvalue weighted by Crippen LogP contribution is -2.06. The molecule has 2 heterocycles. The second kappa shape index (κ2) is 8.47. The molecule has 3 N–H and O–H groups in total. The van der Waals surface area contributed by atoms with E-state index in [0.29, 0.717) is 16.5 Å². The van der Waals surface area contributed by atoms with Gasteiger partial charge >= 0.3 is 0 Å². The lowest BCUT2D eigenvalue weighted by molar-refractivity contribution is 0.572. The van der Waals surface area contributed by atoms with Crippen molar-refractivity contribution in [3.63, 3.8) is 0 Å². The summed E-state index contributed by atoms with van der Waals surface area (Å²) in [6.07, 6.45) is 1.54. The van der Waals surface area contributed by atoms with Gasteiger partial charge in [-0.05, 0) is 36.4 Å². The average molecular weight is 415 g/mol. The van der Waals surface area contributed by atoms with Gasteiger partial charge in [-0.15, -0.1) is 0 Å². The first kappa shape index (κ1) is 19.2. The molecule has 0 aliphatic rings. The summed E-state index contributed by atoms with van der Waals surface area (Å²) >= 11 is 6.22. The molecule has 0 radical (unpaired) electrons. The number of aromatic nitrogens is 3. The highest BCUT2D eigenvalue weighted by Crippen LogP contribution is 2.30. The van der Waals surface area contributed by atoms with Crippen LogP contribution in [0.25, 0.3) is 23.0 Å². The normalized spacial score (nSPS) is 11.1. The summed E-state index contributed by atoms with van der Waals surface area (Å²) in [7, 11) is 0. The van der Waals surface area contributed by atoms with E-state index in [1.165, 1.54) is 0 Å². The fourth-order valence-corrected chi connectivity index (χ4v) is 2.97. The van der Waals surface area contributed by atoms with Gasteiger partial charge in [0.15, 0.2) is 5.82 Å². The van der Waals surface area contributed by atoms with Crippen molar-refractivity contribution in [1.82, 2.24) is 15.0 Å². The summed E-state index contributed by atoms with van der Waals surface area (Å²) in [4.78, 5) is 12.5. The topological polar surface area (TPSA) is 114 Å². The highest BCUT2D eigenvalue weighted by atomic mass is 35.5. The molecule has 0 amide bonds. The predicted octanol–water partition coefficient (Wildman–Crippen LogP) is 5.17. The van der Waals surface area contributed by atoms with Crippen molar-refractivity contribution in [3.05, 3.63) is 83.3 Å². The van der Waals surface area contributed by atoms with Crippen molar-refractivity contribution in [2.75, 3.05) is 11.1 Å². The van der Waals surface area contributed by atoms with E-state index in [1.54, 1.807) is 24.3 Å². The highest BCUT2D eigenvalue weighted by molar-refractivity contribution is 6.33. The van der Waals surface area contributed by atoms with Crippen LogP contribution in [0.5, 0.6) is 0 Å². The Hall–Kier alpha value is -4.15. The summed E-state index contributed by atoms with van der Waals surface area (Å²) in [5.41, 5.74) is 7.54. The van der Waals surface area contributed by atoms with E-state index in [2.05, 4.69) is 26.3 Å². The zero-order chi connectivity index (χ0) is 20.9. The molecular weight excluding hydrogens is 400 g/mol. The van der Waals surface area contributed by atoms with Gasteiger partial charge in [0.2, 0.25) is 11.9 Å². The van der Waals surface area contributed by atoms with Crippen LogP contribution in [0, 0.1) is 11.3 Å². The van der Waals surface area contributed by atoms with Crippen LogP contribution in [-0.2, 0) is 0 Å². The van der Waals surface area contributed by atoms with Gasteiger partial charge in [0.25, 0.3) is 0 Å². The number of benzene rings is 2. The summed E-state index contributed by atoms with van der Waals surface area (Å²) in [5, 5.41) is 13.3. The largest absolute Gasteiger partial charge is 0.457 e. The summed E-state index contributed by atoms with van der Waals surface area (Å²) in [6.45, 7) is 0. The monoisotopic (exact) mass is 414 g/mol. The maximum atomic E-state index is 9.64. The number of allylic oxidation sites excluding steroid dienone is 1. The third-order valence-corrected chi connectivity index (χ3v) is 4.43. The Labute approximate surface area is 177 Å². The number of nitrogen functional groups attached to an aromatic ring is 1. The van der Waals surface area contributed by atoms with Gasteiger partial charge in [-0.25, -0.2) is 0 Å². The predicted molar refractivity (Wildman–Crippen MR) is 117 cm³/mol. The number of rotatable bonds is 5. The van der Waals surface area contributed by atoms with Crippen LogP contribution in [0.3, 0.4) is 0 Å². The van der Waals surface area contributed by atoms with E-state index in [4.69, 9.17) is 21.8 Å². The number of para-hydroxylation sites is 1. The zero-order valence-corrected chi connectivity index (χ0v) is 16.3. The molecule has 4 rings (SSSR count). The summed E-state index contributed by atoms with van der Waals surface area (Å²) < 4.78 is 5.83.